The van der Waals surface area contributed by atoms with Crippen LogP contribution in [0.15, 0.2) is 23.2 Å². The number of rotatable bonds is 8. The molecule has 0 aromatic heterocycles. The van der Waals surface area contributed by atoms with E-state index >= 15 is 0 Å². The van der Waals surface area contributed by atoms with Crippen LogP contribution >= 0.6 is 24.0 Å². The highest BCUT2D eigenvalue weighted by molar-refractivity contribution is 14.0. The van der Waals surface area contributed by atoms with E-state index in [4.69, 9.17) is 10.00 Å². The first kappa shape index (κ1) is 21.6. The van der Waals surface area contributed by atoms with E-state index < -0.39 is 0 Å². The molecule has 25 heavy (non-hydrogen) atoms. The monoisotopic (exact) mass is 460 g/mol. The van der Waals surface area contributed by atoms with Crippen LogP contribution in [-0.2, 0) is 11.3 Å². The van der Waals surface area contributed by atoms with Crippen molar-refractivity contribution in [1.29, 1.82) is 5.26 Å². The van der Waals surface area contributed by atoms with Crippen molar-refractivity contribution in [3.05, 3.63) is 35.1 Å². The van der Waals surface area contributed by atoms with Gasteiger partial charge in [-0.25, -0.2) is 9.38 Å². The molecule has 1 saturated carbocycles. The van der Waals surface area contributed by atoms with Gasteiger partial charge >= 0.3 is 0 Å². The summed E-state index contributed by atoms with van der Waals surface area (Å²) in [7, 11) is 1.93. The van der Waals surface area contributed by atoms with Crippen LogP contribution < -0.4 is 5.32 Å². The van der Waals surface area contributed by atoms with Gasteiger partial charge in [-0.15, -0.1) is 24.0 Å². The van der Waals surface area contributed by atoms with Crippen LogP contribution in [0.2, 0.25) is 0 Å². The van der Waals surface area contributed by atoms with Crippen LogP contribution in [0.1, 0.15) is 30.9 Å². The van der Waals surface area contributed by atoms with E-state index in [1.807, 2.05) is 24.9 Å². The van der Waals surface area contributed by atoms with Crippen LogP contribution in [0.5, 0.6) is 0 Å². The Morgan fingerprint density at radius 2 is 2.24 bits per heavy atom. The van der Waals surface area contributed by atoms with Gasteiger partial charge in [-0.3, -0.25) is 0 Å². The molecule has 0 radical (unpaired) electrons. The van der Waals surface area contributed by atoms with Gasteiger partial charge in [0.1, 0.15) is 5.82 Å². The molecule has 0 heterocycles. The maximum atomic E-state index is 13.8. The Morgan fingerprint density at radius 3 is 2.88 bits per heavy atom. The molecule has 138 valence electrons. The van der Waals surface area contributed by atoms with Crippen LogP contribution in [0, 0.1) is 23.1 Å². The number of hydrogen-bond acceptors (Lipinski definition) is 3. The lowest BCUT2D eigenvalue weighted by atomic mass is 10.1. The Hall–Kier alpha value is -1.40. The molecule has 0 amide bonds. The summed E-state index contributed by atoms with van der Waals surface area (Å²) in [4.78, 5) is 6.45. The Balaban J connectivity index is 0.00000312. The maximum absolute atomic E-state index is 13.8. The lowest BCUT2D eigenvalue weighted by Crippen LogP contribution is -2.40. The number of benzene rings is 1. The molecule has 0 bridgehead atoms. The minimum Gasteiger partial charge on any atom is -0.379 e. The van der Waals surface area contributed by atoms with E-state index in [1.54, 1.807) is 6.07 Å². The summed E-state index contributed by atoms with van der Waals surface area (Å²) in [5.74, 6) is 1.12. The van der Waals surface area contributed by atoms with Gasteiger partial charge in [0, 0.05) is 32.3 Å². The average molecular weight is 460 g/mol. The van der Waals surface area contributed by atoms with E-state index in [-0.39, 0.29) is 36.3 Å². The maximum Gasteiger partial charge on any atom is 0.194 e. The minimum atomic E-state index is -0.344. The summed E-state index contributed by atoms with van der Waals surface area (Å²) in [6.45, 7) is 5.12. The number of halogens is 2. The molecule has 0 aliphatic heterocycles. The molecule has 1 N–H and O–H groups in total. The summed E-state index contributed by atoms with van der Waals surface area (Å²) >= 11 is 0. The molecule has 0 atom stereocenters. The molecule has 0 saturated heterocycles. The highest BCUT2D eigenvalue weighted by Crippen LogP contribution is 2.28. The second-order valence-corrected chi connectivity index (χ2v) is 6.03. The van der Waals surface area contributed by atoms with E-state index in [1.165, 1.54) is 25.0 Å². The number of guanidine groups is 1. The fraction of sp³-hybridized carbons (Fsp3) is 0.556. The molecule has 7 heteroatoms. The predicted molar refractivity (Wildman–Crippen MR) is 108 cm³/mol. The largest absolute Gasteiger partial charge is 0.379 e. The second-order valence-electron chi connectivity index (χ2n) is 6.03. The molecule has 0 spiro atoms. The summed E-state index contributed by atoms with van der Waals surface area (Å²) in [6.07, 6.45) is 2.57. The van der Waals surface area contributed by atoms with Gasteiger partial charge in [0.25, 0.3) is 0 Å². The minimum absolute atomic E-state index is 0. The number of ether oxygens (including phenoxy) is 1. The number of nitrogens with zero attached hydrogens (tertiary/aromatic N) is 3. The van der Waals surface area contributed by atoms with Gasteiger partial charge < -0.3 is 15.0 Å². The third-order valence-corrected chi connectivity index (χ3v) is 3.89. The van der Waals surface area contributed by atoms with Crippen LogP contribution in [0.3, 0.4) is 0 Å². The molecule has 1 aliphatic rings. The fourth-order valence-electron chi connectivity index (χ4n) is 2.24. The van der Waals surface area contributed by atoms with Crippen molar-refractivity contribution < 1.29 is 9.13 Å². The SMILES string of the molecule is CCNC(=NCc1cc(C#N)ccc1F)N(C)CCOCC1CC1.I. The molecular formula is C18H26FIN4O. The first-order valence-electron chi connectivity index (χ1n) is 8.39. The molecule has 1 aromatic rings. The summed E-state index contributed by atoms with van der Waals surface area (Å²) in [5, 5.41) is 12.1. The van der Waals surface area contributed by atoms with Crippen molar-refractivity contribution in [2.75, 3.05) is 33.4 Å². The number of nitrogens with one attached hydrogen (secondary N) is 1. The van der Waals surface area contributed by atoms with Crippen molar-refractivity contribution in [2.24, 2.45) is 10.9 Å². The molecule has 5 nitrogen and oxygen atoms in total. The predicted octanol–water partition coefficient (Wildman–Crippen LogP) is 3.14. The Bertz CT molecular complexity index is 614. The zero-order valence-corrected chi connectivity index (χ0v) is 17.1. The van der Waals surface area contributed by atoms with Gasteiger partial charge in [0.05, 0.1) is 24.8 Å². The van der Waals surface area contributed by atoms with E-state index in [0.29, 0.717) is 23.7 Å². The Labute approximate surface area is 166 Å². The summed E-state index contributed by atoms with van der Waals surface area (Å²) in [6, 6.07) is 6.34. The number of nitriles is 1. The summed E-state index contributed by atoms with van der Waals surface area (Å²) in [5.41, 5.74) is 0.858. The molecule has 1 fully saturated rings. The zero-order chi connectivity index (χ0) is 17.4. The number of aliphatic imine (C=N–C) groups is 1. The molecule has 1 aliphatic carbocycles. The normalized spacial score (nSPS) is 13.8. The first-order valence-corrected chi connectivity index (χ1v) is 8.39. The fourth-order valence-corrected chi connectivity index (χ4v) is 2.24. The lowest BCUT2D eigenvalue weighted by molar-refractivity contribution is 0.115. The van der Waals surface area contributed by atoms with Crippen molar-refractivity contribution in [3.63, 3.8) is 0 Å². The van der Waals surface area contributed by atoms with E-state index in [9.17, 15) is 4.39 Å². The molecule has 0 unspecified atom stereocenters. The second kappa shape index (κ2) is 11.3. The Morgan fingerprint density at radius 1 is 1.48 bits per heavy atom. The van der Waals surface area contributed by atoms with E-state index in [0.717, 1.165) is 25.6 Å². The average Bonchev–Trinajstić information content (AvgIpc) is 3.41. The van der Waals surface area contributed by atoms with Gasteiger partial charge in [-0.05, 0) is 43.9 Å². The zero-order valence-electron chi connectivity index (χ0n) is 14.8. The van der Waals surface area contributed by atoms with Crippen molar-refractivity contribution in [1.82, 2.24) is 10.2 Å². The number of likely N-dealkylation sites (N-methyl/N-ethyl adjacent to an activating group) is 1. The van der Waals surface area contributed by atoms with E-state index in [2.05, 4.69) is 10.3 Å². The standard InChI is InChI=1S/C18H25FN4O.HI/c1-3-21-18(23(2)8-9-24-13-14-4-5-14)22-12-16-10-15(11-20)6-7-17(16)19;/h6-7,10,14H,3-5,8-9,12-13H2,1-2H3,(H,21,22);1H. The Kier molecular flexibility index (Phi) is 9.75. The third kappa shape index (κ3) is 7.57. The van der Waals surface area contributed by atoms with Crippen LogP contribution in [0.25, 0.3) is 0 Å². The smallest absolute Gasteiger partial charge is 0.194 e. The van der Waals surface area contributed by atoms with Crippen molar-refractivity contribution in [2.45, 2.75) is 26.3 Å². The molecule has 2 rings (SSSR count). The number of hydrogen-bond donors (Lipinski definition) is 1. The quantitative estimate of drug-likeness (QED) is 0.280. The van der Waals surface area contributed by atoms with Crippen molar-refractivity contribution >= 4 is 29.9 Å². The van der Waals surface area contributed by atoms with Crippen LogP contribution in [0.4, 0.5) is 4.39 Å². The molecule has 1 aromatic carbocycles. The lowest BCUT2D eigenvalue weighted by Gasteiger charge is -2.22. The molecular weight excluding hydrogens is 434 g/mol. The van der Waals surface area contributed by atoms with Gasteiger partial charge in [0.2, 0.25) is 0 Å². The van der Waals surface area contributed by atoms with Crippen molar-refractivity contribution in [3.8, 4) is 6.07 Å². The summed E-state index contributed by atoms with van der Waals surface area (Å²) < 4.78 is 19.5. The van der Waals surface area contributed by atoms with Crippen LogP contribution in [-0.4, -0.2) is 44.2 Å². The first-order chi connectivity index (χ1) is 11.6. The third-order valence-electron chi connectivity index (χ3n) is 3.89. The van der Waals surface area contributed by atoms with Gasteiger partial charge in [0.15, 0.2) is 5.96 Å². The highest BCUT2D eigenvalue weighted by Gasteiger charge is 2.21. The van der Waals surface area contributed by atoms with Gasteiger partial charge in [-0.1, -0.05) is 0 Å². The highest BCUT2D eigenvalue weighted by atomic mass is 127. The topological polar surface area (TPSA) is 60.7 Å². The van der Waals surface area contributed by atoms with Gasteiger partial charge in [-0.2, -0.15) is 5.26 Å².